The SMILES string of the molecule is OCC(CO)(CO)NCc1ccncc1Cl. The topological polar surface area (TPSA) is 85.6 Å². The predicted octanol–water partition coefficient (Wildman–Crippen LogP) is -0.460. The zero-order valence-electron chi connectivity index (χ0n) is 8.73. The molecule has 0 aliphatic rings. The number of rotatable bonds is 6. The molecule has 0 amide bonds. The molecule has 0 unspecified atom stereocenters. The number of aliphatic hydroxyl groups is 3. The van der Waals surface area contributed by atoms with Gasteiger partial charge in [-0.3, -0.25) is 4.98 Å². The van der Waals surface area contributed by atoms with E-state index in [2.05, 4.69) is 10.3 Å². The van der Waals surface area contributed by atoms with Crippen LogP contribution >= 0.6 is 11.6 Å². The molecule has 0 bridgehead atoms. The van der Waals surface area contributed by atoms with Crippen LogP contribution in [0.15, 0.2) is 18.5 Å². The Morgan fingerprint density at radius 3 is 2.38 bits per heavy atom. The van der Waals surface area contributed by atoms with Crippen molar-refractivity contribution in [2.45, 2.75) is 12.1 Å². The molecule has 0 radical (unpaired) electrons. The van der Waals surface area contributed by atoms with Gasteiger partial charge in [0.05, 0.1) is 30.4 Å². The van der Waals surface area contributed by atoms with Crippen LogP contribution in [0.4, 0.5) is 0 Å². The zero-order chi connectivity index (χ0) is 12.0. The molecule has 6 heteroatoms. The van der Waals surface area contributed by atoms with Gasteiger partial charge in [0.1, 0.15) is 0 Å². The average molecular weight is 247 g/mol. The highest BCUT2D eigenvalue weighted by Gasteiger charge is 2.27. The van der Waals surface area contributed by atoms with E-state index in [1.807, 2.05) is 0 Å². The van der Waals surface area contributed by atoms with Gasteiger partial charge in [0.15, 0.2) is 0 Å². The maximum atomic E-state index is 9.10. The first kappa shape index (κ1) is 13.3. The van der Waals surface area contributed by atoms with Gasteiger partial charge in [-0.1, -0.05) is 11.6 Å². The molecule has 0 aliphatic carbocycles. The van der Waals surface area contributed by atoms with Crippen molar-refractivity contribution in [3.63, 3.8) is 0 Å². The smallest absolute Gasteiger partial charge is 0.0884 e. The van der Waals surface area contributed by atoms with Crippen LogP contribution in [0.2, 0.25) is 5.02 Å². The average Bonchev–Trinajstić information content (AvgIpc) is 2.34. The van der Waals surface area contributed by atoms with Crippen LogP contribution in [-0.2, 0) is 6.54 Å². The molecule has 0 aliphatic heterocycles. The van der Waals surface area contributed by atoms with Gasteiger partial charge in [-0.25, -0.2) is 0 Å². The van der Waals surface area contributed by atoms with Gasteiger partial charge in [0.25, 0.3) is 0 Å². The van der Waals surface area contributed by atoms with Crippen molar-refractivity contribution in [3.8, 4) is 0 Å². The van der Waals surface area contributed by atoms with Crippen LogP contribution in [0.3, 0.4) is 0 Å². The first-order valence-corrected chi connectivity index (χ1v) is 5.21. The summed E-state index contributed by atoms with van der Waals surface area (Å²) in [6.45, 7) is -0.739. The first-order chi connectivity index (χ1) is 7.67. The van der Waals surface area contributed by atoms with E-state index >= 15 is 0 Å². The van der Waals surface area contributed by atoms with E-state index in [1.54, 1.807) is 12.3 Å². The fraction of sp³-hybridized carbons (Fsp3) is 0.500. The van der Waals surface area contributed by atoms with Gasteiger partial charge in [-0.05, 0) is 11.6 Å². The summed E-state index contributed by atoms with van der Waals surface area (Å²) in [5, 5.41) is 30.7. The quantitative estimate of drug-likeness (QED) is 0.546. The van der Waals surface area contributed by atoms with E-state index in [9.17, 15) is 0 Å². The maximum absolute atomic E-state index is 9.10. The molecule has 4 N–H and O–H groups in total. The van der Waals surface area contributed by atoms with E-state index in [0.717, 1.165) is 5.56 Å². The highest BCUT2D eigenvalue weighted by atomic mass is 35.5. The van der Waals surface area contributed by atoms with Crippen LogP contribution in [0.5, 0.6) is 0 Å². The highest BCUT2D eigenvalue weighted by molar-refractivity contribution is 6.31. The number of hydrogen-bond acceptors (Lipinski definition) is 5. The summed E-state index contributed by atoms with van der Waals surface area (Å²) in [5.74, 6) is 0. The lowest BCUT2D eigenvalue weighted by Crippen LogP contribution is -2.54. The molecule has 0 spiro atoms. The molecular formula is C10H15ClN2O3. The van der Waals surface area contributed by atoms with E-state index in [0.29, 0.717) is 11.6 Å². The number of hydrogen-bond donors (Lipinski definition) is 4. The third kappa shape index (κ3) is 3.13. The molecule has 0 saturated carbocycles. The lowest BCUT2D eigenvalue weighted by molar-refractivity contribution is 0.0414. The lowest BCUT2D eigenvalue weighted by Gasteiger charge is -2.28. The summed E-state index contributed by atoms with van der Waals surface area (Å²) < 4.78 is 0. The molecule has 90 valence electrons. The molecule has 0 saturated heterocycles. The molecule has 1 rings (SSSR count). The van der Waals surface area contributed by atoms with Crippen molar-refractivity contribution < 1.29 is 15.3 Å². The van der Waals surface area contributed by atoms with E-state index < -0.39 is 5.54 Å². The zero-order valence-corrected chi connectivity index (χ0v) is 9.48. The van der Waals surface area contributed by atoms with Crippen LogP contribution < -0.4 is 5.32 Å². The minimum Gasteiger partial charge on any atom is -0.394 e. The fourth-order valence-corrected chi connectivity index (χ4v) is 1.33. The van der Waals surface area contributed by atoms with Crippen molar-refractivity contribution in [1.82, 2.24) is 10.3 Å². The Kier molecular flexibility index (Phi) is 5.11. The minimum absolute atomic E-state index is 0.336. The molecule has 0 aromatic carbocycles. The molecule has 5 nitrogen and oxygen atoms in total. The Hall–Kier alpha value is -0.720. The summed E-state index contributed by atoms with van der Waals surface area (Å²) in [6, 6.07) is 1.73. The Morgan fingerprint density at radius 1 is 1.25 bits per heavy atom. The molecule has 1 heterocycles. The van der Waals surface area contributed by atoms with Crippen molar-refractivity contribution in [1.29, 1.82) is 0 Å². The Bertz CT molecular complexity index is 323. The Labute approximate surface area is 98.7 Å². The monoisotopic (exact) mass is 246 g/mol. The predicted molar refractivity (Wildman–Crippen MR) is 60.1 cm³/mol. The second-order valence-electron chi connectivity index (χ2n) is 3.58. The second kappa shape index (κ2) is 6.12. The first-order valence-electron chi connectivity index (χ1n) is 4.83. The summed E-state index contributed by atoms with van der Waals surface area (Å²) in [6.07, 6.45) is 3.11. The van der Waals surface area contributed by atoms with E-state index in [4.69, 9.17) is 26.9 Å². The number of nitrogens with zero attached hydrogens (tertiary/aromatic N) is 1. The Morgan fingerprint density at radius 2 is 1.88 bits per heavy atom. The number of halogens is 1. The summed E-state index contributed by atoms with van der Waals surface area (Å²) in [4.78, 5) is 3.84. The summed E-state index contributed by atoms with van der Waals surface area (Å²) >= 11 is 5.89. The van der Waals surface area contributed by atoms with Crippen LogP contribution in [-0.4, -0.2) is 45.7 Å². The normalized spacial score (nSPS) is 11.8. The third-order valence-corrected chi connectivity index (χ3v) is 2.76. The minimum atomic E-state index is -1.09. The third-order valence-electron chi connectivity index (χ3n) is 2.42. The number of pyridine rings is 1. The van der Waals surface area contributed by atoms with Crippen molar-refractivity contribution >= 4 is 11.6 Å². The molecular weight excluding hydrogens is 232 g/mol. The fourth-order valence-electron chi connectivity index (χ4n) is 1.15. The second-order valence-corrected chi connectivity index (χ2v) is 3.98. The van der Waals surface area contributed by atoms with Crippen LogP contribution in [0.25, 0.3) is 0 Å². The van der Waals surface area contributed by atoms with Crippen molar-refractivity contribution in [3.05, 3.63) is 29.0 Å². The number of aliphatic hydroxyl groups excluding tert-OH is 3. The standard InChI is InChI=1S/C10H15ClN2O3/c11-9-4-12-2-1-8(9)3-13-10(5-14,6-15)7-16/h1-2,4,13-16H,3,5-7H2. The van der Waals surface area contributed by atoms with E-state index in [1.165, 1.54) is 6.20 Å². The van der Waals surface area contributed by atoms with E-state index in [-0.39, 0.29) is 19.8 Å². The van der Waals surface area contributed by atoms with Gasteiger partial charge < -0.3 is 20.6 Å². The van der Waals surface area contributed by atoms with Crippen molar-refractivity contribution in [2.24, 2.45) is 0 Å². The summed E-state index contributed by atoms with van der Waals surface area (Å²) in [5.41, 5.74) is -0.302. The van der Waals surface area contributed by atoms with Crippen LogP contribution in [0.1, 0.15) is 5.56 Å². The number of nitrogens with one attached hydrogen (secondary N) is 1. The lowest BCUT2D eigenvalue weighted by atomic mass is 10.0. The van der Waals surface area contributed by atoms with Gasteiger partial charge in [0.2, 0.25) is 0 Å². The maximum Gasteiger partial charge on any atom is 0.0884 e. The molecule has 1 aromatic heterocycles. The molecule has 16 heavy (non-hydrogen) atoms. The van der Waals surface area contributed by atoms with Crippen molar-refractivity contribution in [2.75, 3.05) is 19.8 Å². The Balaban J connectivity index is 2.66. The molecule has 0 atom stereocenters. The van der Waals surface area contributed by atoms with Gasteiger partial charge in [-0.2, -0.15) is 0 Å². The van der Waals surface area contributed by atoms with Gasteiger partial charge in [-0.15, -0.1) is 0 Å². The van der Waals surface area contributed by atoms with Crippen LogP contribution in [0, 0.1) is 0 Å². The highest BCUT2D eigenvalue weighted by Crippen LogP contribution is 2.14. The molecule has 1 aromatic rings. The van der Waals surface area contributed by atoms with Gasteiger partial charge >= 0.3 is 0 Å². The largest absolute Gasteiger partial charge is 0.394 e. The van der Waals surface area contributed by atoms with Gasteiger partial charge in [0, 0.05) is 18.9 Å². The summed E-state index contributed by atoms with van der Waals surface area (Å²) in [7, 11) is 0. The molecule has 0 fully saturated rings. The number of aromatic nitrogens is 1.